The minimum atomic E-state index is -1.13. The number of rotatable bonds is 8. The molecule has 7 aromatic rings. The topological polar surface area (TPSA) is 230 Å². The highest BCUT2D eigenvalue weighted by Gasteiger charge is 2.25. The number of benzene rings is 4. The van der Waals surface area contributed by atoms with Crippen LogP contribution in [0.25, 0.3) is 90.9 Å². The Balaban J connectivity index is 1.49. The quantitative estimate of drug-likeness (QED) is 0.0833. The fourth-order valence-corrected chi connectivity index (χ4v) is 7.65. The summed E-state index contributed by atoms with van der Waals surface area (Å²) in [4.78, 5) is 60.4. The van der Waals surface area contributed by atoms with Gasteiger partial charge in [0, 0.05) is 68.6 Å². The molecule has 2 aliphatic rings. The van der Waals surface area contributed by atoms with E-state index in [-0.39, 0.29) is 89.4 Å². The molecule has 0 saturated carbocycles. The van der Waals surface area contributed by atoms with E-state index in [4.69, 9.17) is 9.97 Å². The lowest BCUT2D eigenvalue weighted by Crippen LogP contribution is -1.95. The lowest BCUT2D eigenvalue weighted by Gasteiger charge is -2.07. The highest BCUT2D eigenvalue weighted by molar-refractivity contribution is 6.00. The largest absolute Gasteiger partial charge is 0.354 e. The van der Waals surface area contributed by atoms with Gasteiger partial charge in [-0.2, -0.15) is 17.6 Å². The van der Waals surface area contributed by atoms with E-state index in [1.807, 2.05) is 0 Å². The van der Waals surface area contributed by atoms with Crippen LogP contribution in [0.3, 0.4) is 0 Å². The molecule has 0 spiro atoms. The van der Waals surface area contributed by atoms with E-state index in [1.54, 1.807) is 24.3 Å². The molecule has 0 radical (unpaired) electrons. The Labute approximate surface area is 353 Å². The maximum atomic E-state index is 14.8. The first-order chi connectivity index (χ1) is 30.7. The zero-order valence-electron chi connectivity index (χ0n) is 32.0. The van der Waals surface area contributed by atoms with Crippen molar-refractivity contribution in [1.29, 1.82) is 0 Å². The summed E-state index contributed by atoms with van der Waals surface area (Å²) >= 11 is 0. The van der Waals surface area contributed by atoms with Gasteiger partial charge in [-0.3, -0.25) is 40.5 Å². The van der Waals surface area contributed by atoms with Crippen LogP contribution in [0, 0.1) is 63.7 Å². The van der Waals surface area contributed by atoms with E-state index in [2.05, 4.69) is 9.97 Å². The van der Waals surface area contributed by atoms with Gasteiger partial charge < -0.3 is 9.97 Å². The van der Waals surface area contributed by atoms with E-state index in [1.165, 1.54) is 48.6 Å². The molecule has 0 amide bonds. The average Bonchev–Trinajstić information content (AvgIpc) is 4.11. The van der Waals surface area contributed by atoms with E-state index in [0.717, 1.165) is 48.5 Å². The normalized spacial score (nSPS) is 11.8. The number of hydrogen-bond acceptors (Lipinski definition) is 10. The molecule has 0 aliphatic carbocycles. The summed E-state index contributed by atoms with van der Waals surface area (Å²) < 4.78 is 59.2. The molecule has 0 atom stereocenters. The molecule has 314 valence electrons. The number of nitrogens with zero attached hydrogens (tertiary/aromatic N) is 6. The summed E-state index contributed by atoms with van der Waals surface area (Å²) in [5.41, 5.74) is -0.882. The Morgan fingerprint density at radius 3 is 0.781 bits per heavy atom. The molecule has 64 heavy (non-hydrogen) atoms. The van der Waals surface area contributed by atoms with Crippen LogP contribution in [-0.4, -0.2) is 39.6 Å². The molecular weight excluding hydrogens is 845 g/mol. The van der Waals surface area contributed by atoms with Gasteiger partial charge in [0.15, 0.2) is 0 Å². The van der Waals surface area contributed by atoms with Gasteiger partial charge in [0.25, 0.3) is 0 Å². The van der Waals surface area contributed by atoms with Crippen LogP contribution < -0.4 is 0 Å². The van der Waals surface area contributed by atoms with Crippen molar-refractivity contribution in [2.24, 2.45) is 0 Å². The van der Waals surface area contributed by atoms with Gasteiger partial charge in [-0.1, -0.05) is 24.3 Å². The Bertz CT molecular complexity index is 3050. The number of nitro benzene ring substituents is 4. The number of aromatic amines is 2. The molecule has 5 heterocycles. The van der Waals surface area contributed by atoms with Gasteiger partial charge in [0.2, 0.25) is 23.3 Å². The highest BCUT2D eigenvalue weighted by Crippen LogP contribution is 2.41. The van der Waals surface area contributed by atoms with Crippen LogP contribution in [0.4, 0.5) is 40.3 Å². The van der Waals surface area contributed by atoms with E-state index < -0.39 is 65.7 Å². The summed E-state index contributed by atoms with van der Waals surface area (Å²) in [7, 11) is 0. The third-order valence-corrected chi connectivity index (χ3v) is 10.5. The monoisotopic (exact) mass is 866 g/mol. The van der Waals surface area contributed by atoms with Crippen molar-refractivity contribution in [3.63, 3.8) is 0 Å². The third-order valence-electron chi connectivity index (χ3n) is 10.5. The molecule has 16 nitrogen and oxygen atoms in total. The molecule has 0 saturated heterocycles. The van der Waals surface area contributed by atoms with Gasteiger partial charge >= 0.3 is 22.7 Å². The fourth-order valence-electron chi connectivity index (χ4n) is 7.65. The summed E-state index contributed by atoms with van der Waals surface area (Å²) in [6, 6.07) is 18.9. The molecule has 9 rings (SSSR count). The van der Waals surface area contributed by atoms with Gasteiger partial charge in [-0.15, -0.1) is 0 Å². The molecule has 0 unspecified atom stereocenters. The Hall–Kier alpha value is -9.20. The molecule has 20 heteroatoms. The molecule has 3 aromatic heterocycles. The number of halogens is 4. The number of hydrogen-bond donors (Lipinski definition) is 2. The minimum absolute atomic E-state index is 0.105. The number of aromatic nitrogens is 4. The maximum Gasteiger partial charge on any atom is 0.305 e. The van der Waals surface area contributed by atoms with Crippen molar-refractivity contribution in [1.82, 2.24) is 19.9 Å². The predicted octanol–water partition coefficient (Wildman–Crippen LogP) is 11.5. The van der Waals surface area contributed by atoms with Gasteiger partial charge in [-0.25, -0.2) is 9.97 Å². The number of nitrogens with one attached hydrogen (secondary N) is 2. The first-order valence-corrected chi connectivity index (χ1v) is 18.6. The minimum Gasteiger partial charge on any atom is -0.354 e. The first-order valence-electron chi connectivity index (χ1n) is 18.6. The lowest BCUT2D eigenvalue weighted by molar-refractivity contribution is -0.387. The number of H-pyrrole nitrogens is 2. The molecule has 8 bridgehead atoms. The maximum absolute atomic E-state index is 14.8. The zero-order chi connectivity index (χ0) is 45.1. The molecule has 4 aromatic carbocycles. The summed E-state index contributed by atoms with van der Waals surface area (Å²) in [6.07, 6.45) is 6.09. The summed E-state index contributed by atoms with van der Waals surface area (Å²) in [6.45, 7) is 0. The predicted molar refractivity (Wildman–Crippen MR) is 227 cm³/mol. The Morgan fingerprint density at radius 2 is 0.578 bits per heavy atom. The second kappa shape index (κ2) is 15.4. The average molecular weight is 867 g/mol. The van der Waals surface area contributed by atoms with Crippen molar-refractivity contribution in [2.45, 2.75) is 0 Å². The second-order valence-corrected chi connectivity index (χ2v) is 14.2. The Kier molecular flexibility index (Phi) is 9.66. The van der Waals surface area contributed by atoms with Gasteiger partial charge in [0.05, 0.1) is 42.5 Å². The SMILES string of the molecule is O=[N+]([O-])c1cc(-c2c3nc(c(-c4ccc(F)c([N+](=O)[O-])c4)c4ccc([nH]4)c(-c4ccc(F)c([N+](=O)[O-])c4)c4nc(c(-c5ccc(F)c([N+](=O)[O-])c5)c5ccc2[nH]5)C=C4)C=C3)ccc1F. The first kappa shape index (κ1) is 40.2. The molecular formula is C44H22F4N8O8. The molecule has 0 fully saturated rings. The summed E-state index contributed by atoms with van der Waals surface area (Å²) in [5, 5.41) is 47.8. The lowest BCUT2D eigenvalue weighted by atomic mass is 10.0. The van der Waals surface area contributed by atoms with E-state index in [9.17, 15) is 58.0 Å². The third kappa shape index (κ3) is 6.95. The van der Waals surface area contributed by atoms with Crippen LogP contribution in [-0.2, 0) is 0 Å². The van der Waals surface area contributed by atoms with Crippen LogP contribution in [0.1, 0.15) is 22.8 Å². The van der Waals surface area contributed by atoms with Crippen LogP contribution >= 0.6 is 0 Å². The second-order valence-electron chi connectivity index (χ2n) is 14.2. The van der Waals surface area contributed by atoms with Crippen molar-refractivity contribution in [3.05, 3.63) is 184 Å². The number of fused-ring (bicyclic) bond motifs is 8. The van der Waals surface area contributed by atoms with Crippen molar-refractivity contribution >= 4 is 69.1 Å². The molecule has 2 N–H and O–H groups in total. The van der Waals surface area contributed by atoms with Crippen molar-refractivity contribution in [3.8, 4) is 44.5 Å². The molecule has 2 aliphatic heterocycles. The van der Waals surface area contributed by atoms with Crippen LogP contribution in [0.5, 0.6) is 0 Å². The highest BCUT2D eigenvalue weighted by atomic mass is 19.1. The van der Waals surface area contributed by atoms with Gasteiger partial charge in [-0.05, 0) is 95.1 Å². The van der Waals surface area contributed by atoms with E-state index in [0.29, 0.717) is 0 Å². The standard InChI is InChI=1S/C44H22F4N8O8/c45-25-5-1-21(17-37(25)53(57)58)41-29-9-11-31(49-29)42(22-2-6-26(46)38(18-22)54(59)60)33-13-15-35(51-33)44(24-4-8-28(48)40(20-24)56(63)64)36-16-14-34(52-36)43(32-12-10-30(41)50-32)23-3-7-27(47)39(19-23)55(61)62/h1-20,49,52H. The summed E-state index contributed by atoms with van der Waals surface area (Å²) in [5.74, 6) is -4.50. The Morgan fingerprint density at radius 1 is 0.359 bits per heavy atom. The fraction of sp³-hybridized carbons (Fsp3) is 0. The van der Waals surface area contributed by atoms with Gasteiger partial charge in [0.1, 0.15) is 0 Å². The zero-order valence-corrected chi connectivity index (χ0v) is 32.0. The number of nitro groups is 4. The smallest absolute Gasteiger partial charge is 0.305 e. The van der Waals surface area contributed by atoms with Crippen molar-refractivity contribution in [2.75, 3.05) is 0 Å². The van der Waals surface area contributed by atoms with Crippen molar-refractivity contribution < 1.29 is 37.3 Å². The van der Waals surface area contributed by atoms with Crippen LogP contribution in [0.2, 0.25) is 0 Å². The van der Waals surface area contributed by atoms with E-state index >= 15 is 0 Å². The van der Waals surface area contributed by atoms with Crippen LogP contribution in [0.15, 0.2) is 97.1 Å².